The molecular weight excluding hydrogens is 266 g/mol. The van der Waals surface area contributed by atoms with Crippen molar-refractivity contribution in [2.45, 2.75) is 45.1 Å². The van der Waals surface area contributed by atoms with Gasteiger partial charge < -0.3 is 4.90 Å². The molecule has 5 nitrogen and oxygen atoms in total. The van der Waals surface area contributed by atoms with Gasteiger partial charge in [-0.25, -0.2) is 4.68 Å². The molecule has 1 saturated carbocycles. The van der Waals surface area contributed by atoms with Crippen LogP contribution < -0.4 is 5.56 Å². The number of aryl methyl sites for hydroxylation is 2. The number of rotatable bonds is 3. The summed E-state index contributed by atoms with van der Waals surface area (Å²) in [6, 6.07) is 1.77. The standard InChI is InChI=1S/C16H21N3O2/c20-15-7-13-3-1-2-4-14(13)17-19(15)10-11-8-18(9-11)16(21)12-5-6-12/h7,11-12H,1-6,8-10H2. The molecule has 0 unspecified atom stereocenters. The van der Waals surface area contributed by atoms with E-state index in [2.05, 4.69) is 5.10 Å². The van der Waals surface area contributed by atoms with Gasteiger partial charge in [0, 0.05) is 31.0 Å². The summed E-state index contributed by atoms with van der Waals surface area (Å²) in [6.45, 7) is 2.24. The first-order valence-corrected chi connectivity index (χ1v) is 8.09. The Morgan fingerprint density at radius 2 is 2.00 bits per heavy atom. The Balaban J connectivity index is 1.41. The van der Waals surface area contributed by atoms with Crippen molar-refractivity contribution in [1.29, 1.82) is 0 Å². The van der Waals surface area contributed by atoms with Gasteiger partial charge in [-0.1, -0.05) is 0 Å². The zero-order valence-electron chi connectivity index (χ0n) is 12.3. The molecule has 2 aliphatic carbocycles. The van der Waals surface area contributed by atoms with E-state index in [0.29, 0.717) is 24.3 Å². The molecule has 1 aromatic heterocycles. The number of amides is 1. The van der Waals surface area contributed by atoms with Crippen molar-refractivity contribution in [1.82, 2.24) is 14.7 Å². The second-order valence-corrected chi connectivity index (χ2v) is 6.73. The first-order valence-electron chi connectivity index (χ1n) is 8.09. The minimum absolute atomic E-state index is 0.0163. The number of hydrogen-bond acceptors (Lipinski definition) is 3. The van der Waals surface area contributed by atoms with Crippen molar-refractivity contribution in [2.75, 3.05) is 13.1 Å². The molecule has 1 amide bonds. The first-order chi connectivity index (χ1) is 10.2. The molecule has 0 bridgehead atoms. The largest absolute Gasteiger partial charge is 0.342 e. The number of carbonyl (C=O) groups excluding carboxylic acids is 1. The Hall–Kier alpha value is -1.65. The summed E-state index contributed by atoms with van der Waals surface area (Å²) < 4.78 is 1.62. The van der Waals surface area contributed by atoms with E-state index in [-0.39, 0.29) is 5.56 Å². The minimum Gasteiger partial charge on any atom is -0.342 e. The second kappa shape index (κ2) is 4.97. The van der Waals surface area contributed by atoms with Gasteiger partial charge in [-0.05, 0) is 44.1 Å². The molecule has 1 aliphatic heterocycles. The van der Waals surface area contributed by atoms with E-state index >= 15 is 0 Å². The Labute approximate surface area is 123 Å². The van der Waals surface area contributed by atoms with Crippen LogP contribution in [0.1, 0.15) is 36.9 Å². The average molecular weight is 287 g/mol. The van der Waals surface area contributed by atoms with Crippen LogP contribution in [-0.4, -0.2) is 33.7 Å². The van der Waals surface area contributed by atoms with Crippen LogP contribution in [0.2, 0.25) is 0 Å². The molecule has 0 spiro atoms. The second-order valence-electron chi connectivity index (χ2n) is 6.73. The number of nitrogens with zero attached hydrogens (tertiary/aromatic N) is 3. The minimum atomic E-state index is 0.0163. The fourth-order valence-electron chi connectivity index (χ4n) is 3.43. The van der Waals surface area contributed by atoms with Gasteiger partial charge in [0.05, 0.1) is 12.2 Å². The zero-order valence-corrected chi connectivity index (χ0v) is 12.3. The van der Waals surface area contributed by atoms with Crippen molar-refractivity contribution < 1.29 is 4.79 Å². The van der Waals surface area contributed by atoms with Gasteiger partial charge in [0.2, 0.25) is 5.91 Å². The number of likely N-dealkylation sites (tertiary alicyclic amines) is 1. The van der Waals surface area contributed by atoms with E-state index in [1.165, 1.54) is 12.8 Å². The Kier molecular flexibility index (Phi) is 3.08. The molecule has 0 N–H and O–H groups in total. The molecular formula is C16H21N3O2. The summed E-state index contributed by atoms with van der Waals surface area (Å²) >= 11 is 0. The highest BCUT2D eigenvalue weighted by molar-refractivity contribution is 5.81. The maximum Gasteiger partial charge on any atom is 0.267 e. The first kappa shape index (κ1) is 13.0. The molecule has 4 rings (SSSR count). The predicted molar refractivity (Wildman–Crippen MR) is 77.9 cm³/mol. The van der Waals surface area contributed by atoms with Crippen molar-refractivity contribution in [2.24, 2.45) is 11.8 Å². The third-order valence-electron chi connectivity index (χ3n) is 4.90. The lowest BCUT2D eigenvalue weighted by atomic mass is 9.96. The van der Waals surface area contributed by atoms with Gasteiger partial charge in [0.15, 0.2) is 0 Å². The number of aromatic nitrogens is 2. The van der Waals surface area contributed by atoms with Crippen LogP contribution in [0, 0.1) is 11.8 Å². The molecule has 2 heterocycles. The van der Waals surface area contributed by atoms with Crippen LogP contribution in [-0.2, 0) is 24.2 Å². The lowest BCUT2D eigenvalue weighted by Crippen LogP contribution is -2.52. The number of carbonyl (C=O) groups is 1. The predicted octanol–water partition coefficient (Wildman–Crippen LogP) is 0.991. The third kappa shape index (κ3) is 2.49. The van der Waals surface area contributed by atoms with E-state index in [4.69, 9.17) is 0 Å². The highest BCUT2D eigenvalue weighted by Gasteiger charge is 2.39. The topological polar surface area (TPSA) is 55.2 Å². The molecule has 2 fully saturated rings. The summed E-state index contributed by atoms with van der Waals surface area (Å²) in [5, 5.41) is 4.55. The quantitative estimate of drug-likeness (QED) is 0.833. The van der Waals surface area contributed by atoms with Gasteiger partial charge in [0.1, 0.15) is 0 Å². The van der Waals surface area contributed by atoms with Gasteiger partial charge in [0.25, 0.3) is 5.56 Å². The van der Waals surface area contributed by atoms with Crippen molar-refractivity contribution in [3.8, 4) is 0 Å². The highest BCUT2D eigenvalue weighted by Crippen LogP contribution is 2.33. The smallest absolute Gasteiger partial charge is 0.267 e. The van der Waals surface area contributed by atoms with E-state index in [1.54, 1.807) is 10.7 Å². The SMILES string of the molecule is O=C(C1CC1)N1CC(Cn2nc3c(cc2=O)CCCC3)C1. The van der Waals surface area contributed by atoms with E-state index < -0.39 is 0 Å². The van der Waals surface area contributed by atoms with Crippen molar-refractivity contribution in [3.63, 3.8) is 0 Å². The molecule has 1 aromatic rings. The van der Waals surface area contributed by atoms with Crippen LogP contribution in [0.4, 0.5) is 0 Å². The summed E-state index contributed by atoms with van der Waals surface area (Å²) in [4.78, 5) is 25.9. The summed E-state index contributed by atoms with van der Waals surface area (Å²) in [5.41, 5.74) is 2.26. The fourth-order valence-corrected chi connectivity index (χ4v) is 3.43. The van der Waals surface area contributed by atoms with Crippen LogP contribution >= 0.6 is 0 Å². The maximum absolute atomic E-state index is 12.1. The summed E-state index contributed by atoms with van der Waals surface area (Å²) in [5.74, 6) is 1.01. The third-order valence-corrected chi connectivity index (χ3v) is 4.90. The van der Waals surface area contributed by atoms with Gasteiger partial charge >= 0.3 is 0 Å². The molecule has 112 valence electrons. The highest BCUT2D eigenvalue weighted by atomic mass is 16.2. The Morgan fingerprint density at radius 1 is 1.24 bits per heavy atom. The molecule has 0 aromatic carbocycles. The molecule has 21 heavy (non-hydrogen) atoms. The monoisotopic (exact) mass is 287 g/mol. The van der Waals surface area contributed by atoms with Gasteiger partial charge in [-0.15, -0.1) is 0 Å². The van der Waals surface area contributed by atoms with Crippen LogP contribution in [0.3, 0.4) is 0 Å². The molecule has 5 heteroatoms. The van der Waals surface area contributed by atoms with Crippen molar-refractivity contribution >= 4 is 5.91 Å². The lowest BCUT2D eigenvalue weighted by Gasteiger charge is -2.39. The van der Waals surface area contributed by atoms with Crippen LogP contribution in [0.25, 0.3) is 0 Å². The number of hydrogen-bond donors (Lipinski definition) is 0. The van der Waals surface area contributed by atoms with Gasteiger partial charge in [-0.3, -0.25) is 9.59 Å². The fraction of sp³-hybridized carbons (Fsp3) is 0.688. The van der Waals surface area contributed by atoms with Crippen molar-refractivity contribution in [3.05, 3.63) is 27.7 Å². The zero-order chi connectivity index (χ0) is 14.4. The molecule has 1 saturated heterocycles. The molecule has 3 aliphatic rings. The van der Waals surface area contributed by atoms with Gasteiger partial charge in [-0.2, -0.15) is 5.10 Å². The Bertz CT molecular complexity index is 627. The Morgan fingerprint density at radius 3 is 2.76 bits per heavy atom. The van der Waals surface area contributed by atoms with Crippen LogP contribution in [0.5, 0.6) is 0 Å². The summed E-state index contributed by atoms with van der Waals surface area (Å²) in [7, 11) is 0. The number of fused-ring (bicyclic) bond motifs is 1. The summed E-state index contributed by atoms with van der Waals surface area (Å²) in [6.07, 6.45) is 6.44. The van der Waals surface area contributed by atoms with E-state index in [9.17, 15) is 9.59 Å². The molecule has 0 atom stereocenters. The van der Waals surface area contributed by atoms with E-state index in [0.717, 1.165) is 50.0 Å². The van der Waals surface area contributed by atoms with E-state index in [1.807, 2.05) is 4.90 Å². The lowest BCUT2D eigenvalue weighted by molar-refractivity contribution is -0.139. The van der Waals surface area contributed by atoms with Crippen LogP contribution in [0.15, 0.2) is 10.9 Å². The average Bonchev–Trinajstić information content (AvgIpc) is 3.26. The normalized spacial score (nSPS) is 21.8. The molecule has 0 radical (unpaired) electrons. The maximum atomic E-state index is 12.1.